The second-order valence-corrected chi connectivity index (χ2v) is 11.8. The van der Waals surface area contributed by atoms with Crippen LogP contribution < -0.4 is 10.6 Å². The number of halogens is 8. The lowest BCUT2D eigenvalue weighted by Gasteiger charge is -2.43. The van der Waals surface area contributed by atoms with Gasteiger partial charge in [-0.2, -0.15) is 26.3 Å². The molecule has 1 aromatic carbocycles. The van der Waals surface area contributed by atoms with Crippen molar-refractivity contribution in [1.29, 1.82) is 0 Å². The number of rotatable bonds is 7. The molecule has 1 saturated carbocycles. The van der Waals surface area contributed by atoms with E-state index in [1.165, 1.54) is 20.9 Å². The van der Waals surface area contributed by atoms with Gasteiger partial charge in [-0.3, -0.25) is 14.6 Å². The molecular weight excluding hydrogens is 599 g/mol. The van der Waals surface area contributed by atoms with Gasteiger partial charge in [-0.05, 0) is 38.2 Å². The highest BCUT2D eigenvalue weighted by Crippen LogP contribution is 2.59. The van der Waals surface area contributed by atoms with E-state index in [1.807, 2.05) is 0 Å². The van der Waals surface area contributed by atoms with Gasteiger partial charge in [0.2, 0.25) is 5.91 Å². The topological polar surface area (TPSA) is 111 Å². The van der Waals surface area contributed by atoms with E-state index in [-0.39, 0.29) is 17.2 Å². The Balaban J connectivity index is 2.17. The predicted octanol–water partition coefficient (Wildman–Crippen LogP) is 4.66. The first kappa shape index (κ1) is 31.8. The van der Waals surface area contributed by atoms with Crippen molar-refractivity contribution in [3.05, 3.63) is 33.3 Å². The summed E-state index contributed by atoms with van der Waals surface area (Å²) < 4.78 is 81.1. The Hall–Kier alpha value is -1.74. The molecule has 218 valence electrons. The molecule has 4 N–H and O–H groups in total. The van der Waals surface area contributed by atoms with E-state index in [9.17, 15) is 46.1 Å². The minimum Gasteiger partial charge on any atom is -0.389 e. The average molecular weight is 624 g/mol. The lowest BCUT2D eigenvalue weighted by molar-refractivity contribution is -0.376. The number of likely N-dealkylation sites (N-methyl/N-ethyl adjacent to an activating group) is 1. The molecule has 2 atom stereocenters. The first-order valence-corrected chi connectivity index (χ1v) is 13.2. The first-order valence-electron chi connectivity index (χ1n) is 11.6. The summed E-state index contributed by atoms with van der Waals surface area (Å²) in [5, 5.41) is 21.4. The fraction of sp³-hybridized carbons (Fsp3) is 0.609. The van der Waals surface area contributed by atoms with E-state index in [4.69, 9.17) is 23.2 Å². The predicted molar refractivity (Wildman–Crippen MR) is 134 cm³/mol. The van der Waals surface area contributed by atoms with Crippen LogP contribution in [-0.2, 0) is 15.2 Å². The van der Waals surface area contributed by atoms with Crippen molar-refractivity contribution < 1.29 is 46.1 Å². The van der Waals surface area contributed by atoms with Gasteiger partial charge in [0.05, 0.1) is 20.9 Å². The van der Waals surface area contributed by atoms with E-state index in [0.29, 0.717) is 25.3 Å². The largest absolute Gasteiger partial charge is 0.430 e. The molecule has 0 bridgehead atoms. The number of aliphatic imine (C=N–C) groups is 1. The zero-order valence-corrected chi connectivity index (χ0v) is 23.1. The number of amides is 2. The second-order valence-electron chi connectivity index (χ2n) is 9.98. The van der Waals surface area contributed by atoms with Crippen LogP contribution in [0.3, 0.4) is 0 Å². The fourth-order valence-electron chi connectivity index (χ4n) is 4.45. The minimum absolute atomic E-state index is 0.147. The van der Waals surface area contributed by atoms with E-state index in [2.05, 4.69) is 15.6 Å². The number of carbonyl (C=O) groups is 2. The highest BCUT2D eigenvalue weighted by Gasteiger charge is 2.72. The number of benzene rings is 1. The molecule has 0 saturated heterocycles. The summed E-state index contributed by atoms with van der Waals surface area (Å²) >= 11 is 13.0. The molecule has 2 amide bonds. The normalized spacial score (nSPS) is 22.8. The van der Waals surface area contributed by atoms with Crippen molar-refractivity contribution in [2.24, 2.45) is 10.9 Å². The maximum Gasteiger partial charge on any atom is 0.430 e. The molecular formula is C23H25Cl2F6N3O4S. The van der Waals surface area contributed by atoms with Gasteiger partial charge in [-0.25, -0.2) is 0 Å². The first-order chi connectivity index (χ1) is 17.7. The summed E-state index contributed by atoms with van der Waals surface area (Å²) in [6, 6.07) is 1.17. The van der Waals surface area contributed by atoms with Gasteiger partial charge in [-0.15, -0.1) is 0 Å². The fourth-order valence-corrected chi connectivity index (χ4v) is 6.56. The third kappa shape index (κ3) is 5.46. The van der Waals surface area contributed by atoms with E-state index in [0.717, 1.165) is 17.8 Å². The van der Waals surface area contributed by atoms with Crippen molar-refractivity contribution in [3.8, 4) is 0 Å². The zero-order chi connectivity index (χ0) is 29.8. The van der Waals surface area contributed by atoms with Crippen LogP contribution in [0.1, 0.15) is 49.5 Å². The van der Waals surface area contributed by atoms with Crippen LogP contribution in [0, 0.1) is 5.92 Å². The van der Waals surface area contributed by atoms with E-state index >= 15 is 0 Å². The second kappa shape index (κ2) is 10.6. The Bertz CT molecular complexity index is 1170. The van der Waals surface area contributed by atoms with Crippen LogP contribution in [0.25, 0.3) is 0 Å². The van der Waals surface area contributed by atoms with Crippen LogP contribution in [0.4, 0.5) is 26.3 Å². The summed E-state index contributed by atoms with van der Waals surface area (Å²) in [4.78, 5) is 30.7. The molecule has 39 heavy (non-hydrogen) atoms. The number of hydrogen-bond acceptors (Lipinski definition) is 6. The summed E-state index contributed by atoms with van der Waals surface area (Å²) in [5.74, 6) is -1.83. The number of hydrogen-bond donors (Lipinski definition) is 4. The van der Waals surface area contributed by atoms with Crippen LogP contribution in [-0.4, -0.2) is 64.2 Å². The molecule has 3 rings (SSSR count). The maximum atomic E-state index is 13.5. The highest BCUT2D eigenvalue weighted by molar-refractivity contribution is 8.16. The Morgan fingerprint density at radius 3 is 2.08 bits per heavy atom. The van der Waals surface area contributed by atoms with Crippen LogP contribution in [0.15, 0.2) is 17.1 Å². The van der Waals surface area contributed by atoms with Crippen molar-refractivity contribution in [3.63, 3.8) is 0 Å². The van der Waals surface area contributed by atoms with Gasteiger partial charge in [0.15, 0.2) is 10.6 Å². The third-order valence-corrected chi connectivity index (χ3v) is 8.96. The Morgan fingerprint density at radius 2 is 1.64 bits per heavy atom. The molecule has 0 spiro atoms. The molecule has 1 heterocycles. The Morgan fingerprint density at radius 1 is 1.08 bits per heavy atom. The molecule has 0 aromatic heterocycles. The molecule has 2 unspecified atom stereocenters. The smallest absolute Gasteiger partial charge is 0.389 e. The number of aliphatic hydroxyl groups is 2. The summed E-state index contributed by atoms with van der Waals surface area (Å²) in [7, 11) is 1.32. The van der Waals surface area contributed by atoms with Gasteiger partial charge < -0.3 is 20.8 Å². The Labute approximate surface area is 233 Å². The van der Waals surface area contributed by atoms with Crippen molar-refractivity contribution >= 4 is 51.8 Å². The lowest BCUT2D eigenvalue weighted by Crippen LogP contribution is -2.54. The number of nitrogens with one attached hydrogen (secondary N) is 2. The summed E-state index contributed by atoms with van der Waals surface area (Å²) in [5.41, 5.74) is -10.2. The maximum absolute atomic E-state index is 13.5. The van der Waals surface area contributed by atoms with Crippen LogP contribution >= 0.6 is 35.0 Å². The van der Waals surface area contributed by atoms with Crippen molar-refractivity contribution in [2.45, 2.75) is 67.5 Å². The summed E-state index contributed by atoms with van der Waals surface area (Å²) in [6.07, 6.45) is -10.7. The number of alkyl halides is 6. The molecule has 1 aromatic rings. The van der Waals surface area contributed by atoms with Crippen LogP contribution in [0.2, 0.25) is 10.0 Å². The van der Waals surface area contributed by atoms with E-state index < -0.39 is 67.7 Å². The average Bonchev–Trinajstić information content (AvgIpc) is 3.15. The number of carbonyl (C=O) groups excluding carboxylic acids is 2. The van der Waals surface area contributed by atoms with E-state index in [1.54, 1.807) is 0 Å². The molecule has 1 aliphatic heterocycles. The van der Waals surface area contributed by atoms with Gasteiger partial charge in [0, 0.05) is 19.2 Å². The standard InChI is InChI=1S/C23H25Cl2F6N3O4S/c1-19(2,37)9-33-16(35)17-34-20(18(36)32-3,10-5-4-6-10)15(39-17)11-7-8-12(14(25)13(11)24)21(38,22(26,27)28)23(29,30)31/h7-8,10,15,37-38H,4-6,9H2,1-3H3,(H,32,36)(H,33,35). The minimum atomic E-state index is -6.20. The number of nitrogens with zero attached hydrogens (tertiary/aromatic N) is 1. The van der Waals surface area contributed by atoms with Gasteiger partial charge in [0.25, 0.3) is 11.5 Å². The SMILES string of the molecule is CNC(=O)C1(C2CCC2)N=C(C(=O)NCC(C)(C)O)SC1c1ccc(C(O)(C(F)(F)F)C(F)(F)F)c(Cl)c1Cl. The molecule has 0 radical (unpaired) electrons. The molecule has 7 nitrogen and oxygen atoms in total. The molecule has 2 aliphatic rings. The lowest BCUT2D eigenvalue weighted by atomic mass is 9.67. The van der Waals surface area contributed by atoms with Gasteiger partial charge >= 0.3 is 12.4 Å². The third-order valence-electron chi connectivity index (χ3n) is 6.71. The summed E-state index contributed by atoms with van der Waals surface area (Å²) in [6.45, 7) is 2.70. The van der Waals surface area contributed by atoms with Crippen molar-refractivity contribution in [1.82, 2.24) is 10.6 Å². The van der Waals surface area contributed by atoms with Crippen LogP contribution in [0.5, 0.6) is 0 Å². The molecule has 1 fully saturated rings. The molecule has 1 aliphatic carbocycles. The Kier molecular flexibility index (Phi) is 8.63. The highest BCUT2D eigenvalue weighted by atomic mass is 35.5. The zero-order valence-electron chi connectivity index (χ0n) is 20.7. The number of thioether (sulfide) groups is 1. The quantitative estimate of drug-likeness (QED) is 0.330. The van der Waals surface area contributed by atoms with Gasteiger partial charge in [0.1, 0.15) is 0 Å². The van der Waals surface area contributed by atoms with Crippen molar-refractivity contribution in [2.75, 3.05) is 13.6 Å². The monoisotopic (exact) mass is 623 g/mol. The van der Waals surface area contributed by atoms with Gasteiger partial charge in [-0.1, -0.05) is 53.5 Å². The molecule has 16 heteroatoms.